The molecule has 0 radical (unpaired) electrons. The van der Waals surface area contributed by atoms with E-state index < -0.39 is 41.8 Å². The summed E-state index contributed by atoms with van der Waals surface area (Å²) in [6, 6.07) is 4.64. The first-order valence-corrected chi connectivity index (χ1v) is 14.2. The smallest absolute Gasteiger partial charge is 0.416 e. The number of oxime groups is 1. The van der Waals surface area contributed by atoms with Crippen LogP contribution in [0.3, 0.4) is 0 Å². The van der Waals surface area contributed by atoms with Gasteiger partial charge in [-0.3, -0.25) is 4.79 Å². The summed E-state index contributed by atoms with van der Waals surface area (Å²) in [7, 11) is 1.58. The maximum Gasteiger partial charge on any atom is 0.416 e. The van der Waals surface area contributed by atoms with Crippen LogP contribution in [-0.4, -0.2) is 69.2 Å². The molecule has 0 aromatic heterocycles. The third kappa shape index (κ3) is 18.6. The fraction of sp³-hybridized carbons (Fsp3) is 0.655. The van der Waals surface area contributed by atoms with Gasteiger partial charge in [-0.15, -0.1) is 0 Å². The molecular weight excluding hydrogens is 575 g/mol. The summed E-state index contributed by atoms with van der Waals surface area (Å²) < 4.78 is 58.9. The van der Waals surface area contributed by atoms with Crippen LogP contribution in [0.25, 0.3) is 0 Å². The molecule has 2 N–H and O–H groups in total. The van der Waals surface area contributed by atoms with Crippen molar-refractivity contribution in [3.05, 3.63) is 35.4 Å². The van der Waals surface area contributed by atoms with Gasteiger partial charge in [-0.1, -0.05) is 23.7 Å². The summed E-state index contributed by atoms with van der Waals surface area (Å²) in [5.74, 6) is -0.528. The van der Waals surface area contributed by atoms with Crippen molar-refractivity contribution in [2.75, 3.05) is 33.4 Å². The molecule has 11 nitrogen and oxygen atoms in total. The van der Waals surface area contributed by atoms with E-state index in [4.69, 9.17) is 23.8 Å². The summed E-state index contributed by atoms with van der Waals surface area (Å²) >= 11 is 0. The first-order chi connectivity index (χ1) is 20.2. The first kappa shape index (κ1) is 37.5. The van der Waals surface area contributed by atoms with Gasteiger partial charge in [0.2, 0.25) is 6.29 Å². The van der Waals surface area contributed by atoms with Crippen molar-refractivity contribution >= 4 is 23.9 Å². The lowest BCUT2D eigenvalue weighted by Crippen LogP contribution is -2.33. The van der Waals surface area contributed by atoms with Gasteiger partial charge >= 0.3 is 24.3 Å². The quantitative estimate of drug-likeness (QED) is 0.0678. The lowest BCUT2D eigenvalue weighted by Gasteiger charge is -2.19. The van der Waals surface area contributed by atoms with Crippen LogP contribution in [-0.2, 0) is 34.8 Å². The van der Waals surface area contributed by atoms with Crippen molar-refractivity contribution in [3.63, 3.8) is 0 Å². The number of benzene rings is 1. The molecule has 14 heteroatoms. The summed E-state index contributed by atoms with van der Waals surface area (Å²) in [5.41, 5.74) is -0.373. The Hall–Kier alpha value is -3.55. The van der Waals surface area contributed by atoms with Crippen molar-refractivity contribution < 1.29 is 51.3 Å². The molecule has 0 bridgehead atoms. The van der Waals surface area contributed by atoms with Crippen molar-refractivity contribution in [1.82, 2.24) is 10.6 Å². The second kappa shape index (κ2) is 19.6. The van der Waals surface area contributed by atoms with E-state index in [1.807, 2.05) is 0 Å². The number of hydrogen-bond donors (Lipinski definition) is 2. The van der Waals surface area contributed by atoms with Gasteiger partial charge in [0.25, 0.3) is 0 Å². The van der Waals surface area contributed by atoms with E-state index >= 15 is 0 Å². The molecule has 2 amide bonds. The van der Waals surface area contributed by atoms with E-state index in [0.717, 1.165) is 18.6 Å². The molecule has 0 aliphatic rings. The zero-order valence-corrected chi connectivity index (χ0v) is 25.5. The number of carbonyl (C=O) groups excluding carboxylic acids is 3. The average molecular weight is 620 g/mol. The van der Waals surface area contributed by atoms with Crippen LogP contribution in [0, 0.1) is 0 Å². The fourth-order valence-corrected chi connectivity index (χ4v) is 3.49. The topological polar surface area (TPSA) is 134 Å². The minimum absolute atomic E-state index is 0.0182. The summed E-state index contributed by atoms with van der Waals surface area (Å²) in [4.78, 5) is 40.8. The molecule has 0 heterocycles. The number of amides is 2. The zero-order valence-electron chi connectivity index (χ0n) is 25.5. The highest BCUT2D eigenvalue weighted by Gasteiger charge is 2.30. The first-order valence-electron chi connectivity index (χ1n) is 14.2. The number of methoxy groups -OCH3 is 1. The Morgan fingerprint density at radius 1 is 0.837 bits per heavy atom. The summed E-state index contributed by atoms with van der Waals surface area (Å²) in [5, 5.41) is 9.14. The van der Waals surface area contributed by atoms with Gasteiger partial charge in [0.05, 0.1) is 17.8 Å². The van der Waals surface area contributed by atoms with Crippen LogP contribution in [0.5, 0.6) is 0 Å². The van der Waals surface area contributed by atoms with Crippen LogP contribution in [0.15, 0.2) is 29.4 Å². The van der Waals surface area contributed by atoms with Crippen molar-refractivity contribution in [2.24, 2.45) is 5.16 Å². The van der Waals surface area contributed by atoms with Crippen LogP contribution < -0.4 is 10.6 Å². The number of alkyl carbamates (subject to hydrolysis) is 2. The molecule has 244 valence electrons. The maximum absolute atomic E-state index is 12.9. The van der Waals surface area contributed by atoms with Crippen molar-refractivity contribution in [2.45, 2.75) is 90.7 Å². The molecule has 43 heavy (non-hydrogen) atoms. The van der Waals surface area contributed by atoms with Crippen LogP contribution in [0.4, 0.5) is 22.8 Å². The van der Waals surface area contributed by atoms with Gasteiger partial charge in [-0.25, -0.2) is 9.59 Å². The number of alkyl halides is 3. The molecule has 1 unspecified atom stereocenters. The van der Waals surface area contributed by atoms with E-state index in [9.17, 15) is 27.6 Å². The standard InChI is InChI=1S/C29H44F3N3O8/c1-21(41-25(36)12-7-6-9-17-33-27(38)43-28(2,3)4)42-26(37)34-18-20-40-35-24(11-8-10-19-39-5)22-13-15-23(16-14-22)29(30,31)32/h13-16,21H,6-12,17-20H2,1-5H3,(H,33,38)(H,34,37)/b35-24+. The Bertz CT molecular complexity index is 1010. The molecule has 0 aliphatic heterocycles. The largest absolute Gasteiger partial charge is 0.444 e. The van der Waals surface area contributed by atoms with Gasteiger partial charge in [-0.05, 0) is 70.6 Å². The van der Waals surface area contributed by atoms with Gasteiger partial charge in [0.1, 0.15) is 12.2 Å². The monoisotopic (exact) mass is 619 g/mol. The SMILES string of the molecule is COCCCC/C(=N\OCCNC(=O)OC(C)OC(=O)CCCCCNC(=O)OC(C)(C)C)c1ccc(C(F)(F)F)cc1. The Kier molecular flexibility index (Phi) is 17.1. The Balaban J connectivity index is 2.34. The van der Waals surface area contributed by atoms with E-state index in [0.29, 0.717) is 56.5 Å². The van der Waals surface area contributed by atoms with E-state index in [1.165, 1.54) is 19.1 Å². The lowest BCUT2D eigenvalue weighted by atomic mass is 10.0. The zero-order chi connectivity index (χ0) is 32.3. The lowest BCUT2D eigenvalue weighted by molar-refractivity contribution is -0.165. The number of carbonyl (C=O) groups is 3. The van der Waals surface area contributed by atoms with E-state index in [-0.39, 0.29) is 19.6 Å². The number of rotatable bonds is 18. The number of unbranched alkanes of at least 4 members (excludes halogenated alkanes) is 3. The van der Waals surface area contributed by atoms with Crippen LogP contribution >= 0.6 is 0 Å². The molecule has 1 aromatic carbocycles. The Morgan fingerprint density at radius 3 is 2.12 bits per heavy atom. The molecule has 0 saturated heterocycles. The van der Waals surface area contributed by atoms with Gasteiger partial charge in [0, 0.05) is 33.6 Å². The van der Waals surface area contributed by atoms with E-state index in [2.05, 4.69) is 15.8 Å². The minimum Gasteiger partial charge on any atom is -0.444 e. The number of hydrogen-bond acceptors (Lipinski definition) is 9. The van der Waals surface area contributed by atoms with Gasteiger partial charge < -0.3 is 34.4 Å². The van der Waals surface area contributed by atoms with Gasteiger partial charge in [-0.2, -0.15) is 13.2 Å². The Labute approximate surface area is 250 Å². The fourth-order valence-electron chi connectivity index (χ4n) is 3.49. The highest BCUT2D eigenvalue weighted by molar-refractivity contribution is 6.00. The molecule has 0 fully saturated rings. The predicted octanol–water partition coefficient (Wildman–Crippen LogP) is 5.94. The van der Waals surface area contributed by atoms with Gasteiger partial charge in [0.15, 0.2) is 0 Å². The summed E-state index contributed by atoms with van der Waals surface area (Å²) in [6.45, 7) is 7.67. The third-order valence-electron chi connectivity index (χ3n) is 5.49. The highest BCUT2D eigenvalue weighted by atomic mass is 19.4. The second-order valence-corrected chi connectivity index (χ2v) is 10.5. The Morgan fingerprint density at radius 2 is 1.49 bits per heavy atom. The molecular formula is C29H44F3N3O8. The predicted molar refractivity (Wildman–Crippen MR) is 152 cm³/mol. The molecule has 0 aliphatic carbocycles. The van der Waals surface area contributed by atoms with E-state index in [1.54, 1.807) is 27.9 Å². The number of ether oxygens (including phenoxy) is 4. The average Bonchev–Trinajstić information content (AvgIpc) is 2.90. The second-order valence-electron chi connectivity index (χ2n) is 10.5. The minimum atomic E-state index is -4.44. The summed E-state index contributed by atoms with van der Waals surface area (Å²) in [6.07, 6.45) is -3.01. The van der Waals surface area contributed by atoms with Crippen molar-refractivity contribution in [3.8, 4) is 0 Å². The van der Waals surface area contributed by atoms with Crippen LogP contribution in [0.2, 0.25) is 0 Å². The molecule has 1 aromatic rings. The number of nitrogens with zero attached hydrogens (tertiary/aromatic N) is 1. The van der Waals surface area contributed by atoms with Crippen LogP contribution in [0.1, 0.15) is 83.8 Å². The highest BCUT2D eigenvalue weighted by Crippen LogP contribution is 2.29. The number of halogens is 3. The molecule has 0 saturated carbocycles. The normalized spacial score (nSPS) is 12.7. The number of esters is 1. The molecule has 1 rings (SSSR count). The molecule has 0 spiro atoms. The maximum atomic E-state index is 12.9. The molecule has 1 atom stereocenters. The number of nitrogens with one attached hydrogen (secondary N) is 2. The third-order valence-corrected chi connectivity index (χ3v) is 5.49. The van der Waals surface area contributed by atoms with Crippen molar-refractivity contribution in [1.29, 1.82) is 0 Å².